The normalized spacial score (nSPS) is 15.2. The van der Waals surface area contributed by atoms with Crippen LogP contribution < -0.4 is 9.54 Å². The van der Waals surface area contributed by atoms with Gasteiger partial charge in [0.2, 0.25) is 4.80 Å². The summed E-state index contributed by atoms with van der Waals surface area (Å²) in [5.41, 5.74) is 2.99. The van der Waals surface area contributed by atoms with E-state index in [1.807, 2.05) is 17.5 Å². The van der Waals surface area contributed by atoms with E-state index in [0.717, 1.165) is 54.5 Å². The molecule has 2 heterocycles. The number of hydrogen-bond donors (Lipinski definition) is 0. The summed E-state index contributed by atoms with van der Waals surface area (Å²) in [6.45, 7) is 1.85. The van der Waals surface area contributed by atoms with Crippen LogP contribution in [-0.2, 0) is 4.74 Å². The lowest BCUT2D eigenvalue weighted by Crippen LogP contribution is -2.38. The molecule has 0 bridgehead atoms. The number of halogens is 2. The fourth-order valence-corrected chi connectivity index (χ4v) is 4.27. The second kappa shape index (κ2) is 11.7. The highest BCUT2D eigenvalue weighted by Gasteiger charge is 2.11. The van der Waals surface area contributed by atoms with Gasteiger partial charge >= 0.3 is 6.61 Å². The van der Waals surface area contributed by atoms with E-state index in [9.17, 15) is 8.78 Å². The Kier molecular flexibility index (Phi) is 8.14. The van der Waals surface area contributed by atoms with Gasteiger partial charge in [-0.3, -0.25) is 9.89 Å². The van der Waals surface area contributed by atoms with Crippen molar-refractivity contribution >= 4 is 17.6 Å². The van der Waals surface area contributed by atoms with Gasteiger partial charge in [-0.15, -0.1) is 11.3 Å². The van der Waals surface area contributed by atoms with E-state index in [4.69, 9.17) is 15.0 Å². The monoisotopic (exact) mass is 483 g/mol. The Morgan fingerprint density at radius 1 is 1.12 bits per heavy atom. The average molecular weight is 484 g/mol. The molecule has 1 fully saturated rings. The Hall–Kier alpha value is -3.39. The molecule has 0 spiro atoms. The largest absolute Gasteiger partial charge is 0.435 e. The SMILES string of the molecule is N#Cc1ccc(/C=N\n2c(-c3ccc(OC(F)F)cc3)csc2=NCCN2CCOCC2)cc1. The summed E-state index contributed by atoms with van der Waals surface area (Å²) in [5.74, 6) is 0.0945. The number of aromatic nitrogens is 1. The van der Waals surface area contributed by atoms with Crippen molar-refractivity contribution < 1.29 is 18.3 Å². The number of thiazole rings is 1. The van der Waals surface area contributed by atoms with Gasteiger partial charge in [-0.25, -0.2) is 4.68 Å². The molecule has 1 saturated heterocycles. The predicted molar refractivity (Wildman–Crippen MR) is 126 cm³/mol. The number of hydrogen-bond acceptors (Lipinski definition) is 7. The Morgan fingerprint density at radius 2 is 1.85 bits per heavy atom. The third kappa shape index (κ3) is 6.35. The number of rotatable bonds is 8. The first-order chi connectivity index (χ1) is 16.6. The molecule has 0 aliphatic carbocycles. The Balaban J connectivity index is 1.61. The quantitative estimate of drug-likeness (QED) is 0.457. The third-order valence-corrected chi connectivity index (χ3v) is 6.04. The van der Waals surface area contributed by atoms with Gasteiger partial charge in [0.1, 0.15) is 5.75 Å². The molecule has 2 aromatic carbocycles. The molecule has 4 rings (SSSR count). The van der Waals surface area contributed by atoms with Crippen molar-refractivity contribution in [1.29, 1.82) is 5.26 Å². The number of morpholine rings is 1. The molecule has 10 heteroatoms. The lowest BCUT2D eigenvalue weighted by molar-refractivity contribution is -0.0498. The molecular weight excluding hydrogens is 460 g/mol. The standard InChI is InChI=1S/C24H23F2N5O2S/c25-23(26)33-21-7-5-20(6-8-21)22-17-34-24(28-9-10-30-11-13-32-14-12-30)31(22)29-16-19-3-1-18(15-27)2-4-19/h1-8,16-17,23H,9-14H2/b28-24?,29-16-. The number of nitrogens with zero attached hydrogens (tertiary/aromatic N) is 5. The molecule has 34 heavy (non-hydrogen) atoms. The highest BCUT2D eigenvalue weighted by Crippen LogP contribution is 2.24. The number of ether oxygens (including phenoxy) is 2. The molecule has 1 aliphatic heterocycles. The van der Waals surface area contributed by atoms with Crippen LogP contribution in [0.1, 0.15) is 11.1 Å². The zero-order chi connectivity index (χ0) is 23.8. The topological polar surface area (TPSA) is 75.1 Å². The fraction of sp³-hybridized carbons (Fsp3) is 0.292. The van der Waals surface area contributed by atoms with Crippen molar-refractivity contribution in [3.8, 4) is 23.1 Å². The zero-order valence-electron chi connectivity index (χ0n) is 18.3. The summed E-state index contributed by atoms with van der Waals surface area (Å²) < 4.78 is 36.6. The number of benzene rings is 2. The van der Waals surface area contributed by atoms with Gasteiger partial charge in [0.25, 0.3) is 0 Å². The van der Waals surface area contributed by atoms with Gasteiger partial charge in [0.15, 0.2) is 0 Å². The minimum atomic E-state index is -2.87. The molecule has 1 aromatic heterocycles. The van der Waals surface area contributed by atoms with E-state index in [1.54, 1.807) is 35.2 Å². The molecule has 7 nitrogen and oxygen atoms in total. The number of alkyl halides is 2. The van der Waals surface area contributed by atoms with Crippen molar-refractivity contribution in [1.82, 2.24) is 9.58 Å². The van der Waals surface area contributed by atoms with E-state index in [-0.39, 0.29) is 5.75 Å². The van der Waals surface area contributed by atoms with Gasteiger partial charge in [-0.1, -0.05) is 12.1 Å². The smallest absolute Gasteiger partial charge is 0.387 e. The van der Waals surface area contributed by atoms with Crippen LogP contribution in [0.4, 0.5) is 8.78 Å². The summed E-state index contributed by atoms with van der Waals surface area (Å²) in [7, 11) is 0. The summed E-state index contributed by atoms with van der Waals surface area (Å²) in [6.07, 6.45) is 1.70. The van der Waals surface area contributed by atoms with E-state index >= 15 is 0 Å². The van der Waals surface area contributed by atoms with Gasteiger partial charge in [-0.05, 0) is 42.0 Å². The van der Waals surface area contributed by atoms with Crippen LogP contribution in [0.5, 0.6) is 5.75 Å². The van der Waals surface area contributed by atoms with Crippen LogP contribution in [0.3, 0.4) is 0 Å². The van der Waals surface area contributed by atoms with Gasteiger partial charge in [0, 0.05) is 30.6 Å². The van der Waals surface area contributed by atoms with E-state index in [2.05, 4.69) is 20.8 Å². The van der Waals surface area contributed by atoms with Crippen LogP contribution >= 0.6 is 11.3 Å². The molecule has 0 amide bonds. The van der Waals surface area contributed by atoms with E-state index in [1.165, 1.54) is 23.5 Å². The number of nitriles is 1. The van der Waals surface area contributed by atoms with E-state index in [0.29, 0.717) is 12.1 Å². The van der Waals surface area contributed by atoms with Crippen LogP contribution in [0.25, 0.3) is 11.3 Å². The van der Waals surface area contributed by atoms with Gasteiger partial charge < -0.3 is 9.47 Å². The second-order valence-electron chi connectivity index (χ2n) is 7.43. The maximum atomic E-state index is 12.5. The Labute approximate surface area is 199 Å². The average Bonchev–Trinajstić information content (AvgIpc) is 3.26. The minimum Gasteiger partial charge on any atom is -0.435 e. The molecule has 0 atom stereocenters. The van der Waals surface area contributed by atoms with E-state index < -0.39 is 6.61 Å². The first kappa shape index (κ1) is 23.8. The molecule has 0 unspecified atom stereocenters. The predicted octanol–water partition coefficient (Wildman–Crippen LogP) is 3.80. The van der Waals surface area contributed by atoms with Gasteiger partial charge in [0.05, 0.1) is 43.3 Å². The van der Waals surface area contributed by atoms with Crippen molar-refractivity contribution in [2.75, 3.05) is 39.4 Å². The van der Waals surface area contributed by atoms with Crippen molar-refractivity contribution in [2.45, 2.75) is 6.61 Å². The molecular formula is C24H23F2N5O2S. The summed E-state index contributed by atoms with van der Waals surface area (Å²) >= 11 is 1.46. The summed E-state index contributed by atoms with van der Waals surface area (Å²) in [4.78, 5) is 7.80. The van der Waals surface area contributed by atoms with Gasteiger partial charge in [-0.2, -0.15) is 19.1 Å². The van der Waals surface area contributed by atoms with Crippen molar-refractivity contribution in [3.05, 3.63) is 69.8 Å². The minimum absolute atomic E-state index is 0.0945. The maximum absolute atomic E-state index is 12.5. The third-order valence-electron chi connectivity index (χ3n) is 5.19. The van der Waals surface area contributed by atoms with Crippen molar-refractivity contribution in [2.24, 2.45) is 10.1 Å². The zero-order valence-corrected chi connectivity index (χ0v) is 19.1. The lowest BCUT2D eigenvalue weighted by Gasteiger charge is -2.25. The van der Waals surface area contributed by atoms with Crippen LogP contribution in [0.2, 0.25) is 0 Å². The Morgan fingerprint density at radius 3 is 2.53 bits per heavy atom. The molecule has 3 aromatic rings. The highest BCUT2D eigenvalue weighted by atomic mass is 32.1. The molecule has 0 N–H and O–H groups in total. The van der Waals surface area contributed by atoms with Crippen LogP contribution in [0, 0.1) is 11.3 Å². The summed E-state index contributed by atoms with van der Waals surface area (Å²) in [5, 5.41) is 15.6. The Bertz CT molecular complexity index is 1210. The molecule has 176 valence electrons. The summed E-state index contributed by atoms with van der Waals surface area (Å²) in [6, 6.07) is 15.6. The first-order valence-electron chi connectivity index (χ1n) is 10.7. The second-order valence-corrected chi connectivity index (χ2v) is 8.27. The highest BCUT2D eigenvalue weighted by molar-refractivity contribution is 7.07. The van der Waals surface area contributed by atoms with Crippen LogP contribution in [-0.4, -0.2) is 61.8 Å². The fourth-order valence-electron chi connectivity index (χ4n) is 3.40. The lowest BCUT2D eigenvalue weighted by atomic mass is 10.1. The van der Waals surface area contributed by atoms with Crippen molar-refractivity contribution in [3.63, 3.8) is 0 Å². The van der Waals surface area contributed by atoms with Crippen LogP contribution in [0.15, 0.2) is 64.0 Å². The first-order valence-corrected chi connectivity index (χ1v) is 11.6. The molecule has 1 aliphatic rings. The molecule has 0 radical (unpaired) electrons. The molecule has 0 saturated carbocycles. The maximum Gasteiger partial charge on any atom is 0.387 e.